The topological polar surface area (TPSA) is 99.0 Å². The first kappa shape index (κ1) is 23.4. The minimum absolute atomic E-state index is 0.0464. The first-order chi connectivity index (χ1) is 16.5. The van der Waals surface area contributed by atoms with Gasteiger partial charge in [0.1, 0.15) is 5.03 Å². The number of carbonyl (C=O) groups is 2. The largest absolute Gasteiger partial charge is 0.455 e. The number of amides is 1. The second kappa shape index (κ2) is 10.9. The summed E-state index contributed by atoms with van der Waals surface area (Å²) >= 11 is 1.22. The van der Waals surface area contributed by atoms with Crippen molar-refractivity contribution in [2.75, 3.05) is 12.4 Å². The summed E-state index contributed by atoms with van der Waals surface area (Å²) in [5.41, 5.74) is 5.52. The first-order valence-electron chi connectivity index (χ1n) is 10.8. The van der Waals surface area contributed by atoms with Crippen molar-refractivity contribution in [2.45, 2.75) is 32.0 Å². The van der Waals surface area contributed by atoms with Crippen molar-refractivity contribution < 1.29 is 14.3 Å². The smallest absolute Gasteiger partial charge is 0.316 e. The summed E-state index contributed by atoms with van der Waals surface area (Å²) in [5, 5.41) is 8.03. The van der Waals surface area contributed by atoms with Gasteiger partial charge >= 0.3 is 5.97 Å². The summed E-state index contributed by atoms with van der Waals surface area (Å²) in [4.78, 5) is 33.1. The maximum Gasteiger partial charge on any atom is 0.316 e. The van der Waals surface area contributed by atoms with E-state index in [1.807, 2.05) is 61.0 Å². The van der Waals surface area contributed by atoms with E-state index in [1.54, 1.807) is 6.20 Å². The van der Waals surface area contributed by atoms with Gasteiger partial charge in [-0.25, -0.2) is 4.98 Å². The SMILES string of the molecule is Cc1nn(Cc2ccccc2)c(C)c1CNC(=O)COC(=O)CSc1cnc2ccccc2n1. The van der Waals surface area contributed by atoms with Crippen LogP contribution in [0.4, 0.5) is 0 Å². The summed E-state index contributed by atoms with van der Waals surface area (Å²) < 4.78 is 7.03. The number of thioether (sulfide) groups is 1. The Labute approximate surface area is 201 Å². The van der Waals surface area contributed by atoms with Crippen LogP contribution < -0.4 is 5.32 Å². The molecule has 0 saturated carbocycles. The van der Waals surface area contributed by atoms with Crippen LogP contribution >= 0.6 is 11.8 Å². The van der Waals surface area contributed by atoms with Gasteiger partial charge in [0, 0.05) is 17.8 Å². The fourth-order valence-corrected chi connectivity index (χ4v) is 4.11. The number of esters is 1. The van der Waals surface area contributed by atoms with E-state index in [9.17, 15) is 9.59 Å². The molecule has 1 amide bonds. The Morgan fingerprint density at radius 2 is 1.76 bits per heavy atom. The van der Waals surface area contributed by atoms with Gasteiger partial charge in [-0.15, -0.1) is 0 Å². The molecule has 0 atom stereocenters. The molecule has 0 radical (unpaired) electrons. The average molecular weight is 476 g/mol. The fourth-order valence-electron chi connectivity index (χ4n) is 3.47. The third-order valence-corrected chi connectivity index (χ3v) is 6.17. The van der Waals surface area contributed by atoms with Crippen LogP contribution in [0.15, 0.2) is 65.8 Å². The molecule has 0 aliphatic heterocycles. The number of nitrogens with one attached hydrogen (secondary N) is 1. The molecule has 4 rings (SSSR count). The first-order valence-corrected chi connectivity index (χ1v) is 11.8. The summed E-state index contributed by atoms with van der Waals surface area (Å²) in [7, 11) is 0. The Morgan fingerprint density at radius 1 is 1.03 bits per heavy atom. The summed E-state index contributed by atoms with van der Waals surface area (Å²) in [6.45, 7) is 4.56. The number of fused-ring (bicyclic) bond motifs is 1. The lowest BCUT2D eigenvalue weighted by Crippen LogP contribution is -2.29. The molecular formula is C25H25N5O3S. The summed E-state index contributed by atoms with van der Waals surface area (Å²) in [5.74, 6) is -0.804. The van der Waals surface area contributed by atoms with E-state index < -0.39 is 5.97 Å². The quantitative estimate of drug-likeness (QED) is 0.292. The van der Waals surface area contributed by atoms with Gasteiger partial charge in [-0.05, 0) is 31.5 Å². The molecule has 0 saturated heterocycles. The van der Waals surface area contributed by atoms with Gasteiger partial charge < -0.3 is 10.1 Å². The highest BCUT2D eigenvalue weighted by Gasteiger charge is 2.14. The number of hydrogen-bond donors (Lipinski definition) is 1. The van der Waals surface area contributed by atoms with Gasteiger partial charge in [0.25, 0.3) is 5.91 Å². The van der Waals surface area contributed by atoms with E-state index in [0.717, 1.165) is 33.5 Å². The zero-order valence-electron chi connectivity index (χ0n) is 19.0. The van der Waals surface area contributed by atoms with Crippen LogP contribution in [0, 0.1) is 13.8 Å². The Hall–Kier alpha value is -3.72. The zero-order chi connectivity index (χ0) is 23.9. The number of ether oxygens (including phenoxy) is 1. The second-order valence-electron chi connectivity index (χ2n) is 7.72. The van der Waals surface area contributed by atoms with E-state index in [2.05, 4.69) is 32.5 Å². The Bertz CT molecular complexity index is 1310. The molecule has 8 nitrogen and oxygen atoms in total. The lowest BCUT2D eigenvalue weighted by molar-refractivity contribution is -0.145. The fraction of sp³-hybridized carbons (Fsp3) is 0.240. The Morgan fingerprint density at radius 3 is 2.56 bits per heavy atom. The van der Waals surface area contributed by atoms with E-state index in [1.165, 1.54) is 11.8 Å². The molecule has 2 heterocycles. The van der Waals surface area contributed by atoms with Crippen molar-refractivity contribution >= 4 is 34.7 Å². The highest BCUT2D eigenvalue weighted by Crippen LogP contribution is 2.18. The maximum absolute atomic E-state index is 12.2. The molecule has 0 bridgehead atoms. The minimum Gasteiger partial charge on any atom is -0.455 e. The van der Waals surface area contributed by atoms with Gasteiger partial charge in [-0.2, -0.15) is 5.10 Å². The number of benzene rings is 2. The summed E-state index contributed by atoms with van der Waals surface area (Å²) in [6.07, 6.45) is 1.62. The Kier molecular flexibility index (Phi) is 7.54. The van der Waals surface area contributed by atoms with Crippen LogP contribution in [0.1, 0.15) is 22.5 Å². The molecule has 0 spiro atoms. The molecule has 2 aromatic heterocycles. The van der Waals surface area contributed by atoms with Gasteiger partial charge in [-0.1, -0.05) is 54.2 Å². The molecule has 9 heteroatoms. The average Bonchev–Trinajstić information content (AvgIpc) is 3.12. The minimum atomic E-state index is -0.488. The van der Waals surface area contributed by atoms with Crippen LogP contribution in [-0.2, 0) is 27.4 Å². The van der Waals surface area contributed by atoms with Crippen molar-refractivity contribution in [3.63, 3.8) is 0 Å². The number of nitrogens with zero attached hydrogens (tertiary/aromatic N) is 4. The highest BCUT2D eigenvalue weighted by molar-refractivity contribution is 7.99. The van der Waals surface area contributed by atoms with Crippen molar-refractivity contribution in [1.29, 1.82) is 0 Å². The molecular weight excluding hydrogens is 450 g/mol. The van der Waals surface area contributed by atoms with Gasteiger partial charge in [0.2, 0.25) is 0 Å². The number of carbonyl (C=O) groups excluding carboxylic acids is 2. The van der Waals surface area contributed by atoms with Gasteiger partial charge in [-0.3, -0.25) is 19.3 Å². The molecule has 1 N–H and O–H groups in total. The predicted octanol–water partition coefficient (Wildman–Crippen LogP) is 3.44. The number of aryl methyl sites for hydroxylation is 1. The van der Waals surface area contributed by atoms with Crippen LogP contribution in [0.2, 0.25) is 0 Å². The van der Waals surface area contributed by atoms with Crippen molar-refractivity contribution in [2.24, 2.45) is 0 Å². The van der Waals surface area contributed by atoms with Crippen LogP contribution in [0.5, 0.6) is 0 Å². The number of para-hydroxylation sites is 2. The van der Waals surface area contributed by atoms with E-state index >= 15 is 0 Å². The molecule has 0 unspecified atom stereocenters. The van der Waals surface area contributed by atoms with Gasteiger partial charge in [0.05, 0.1) is 35.2 Å². The van der Waals surface area contributed by atoms with Crippen LogP contribution in [0.3, 0.4) is 0 Å². The van der Waals surface area contributed by atoms with E-state index in [4.69, 9.17) is 4.74 Å². The molecule has 0 aliphatic carbocycles. The van der Waals surface area contributed by atoms with Gasteiger partial charge in [0.15, 0.2) is 6.61 Å². The van der Waals surface area contributed by atoms with Crippen molar-refractivity contribution in [3.8, 4) is 0 Å². The Balaban J connectivity index is 1.23. The zero-order valence-corrected chi connectivity index (χ0v) is 19.8. The molecule has 0 aliphatic rings. The van der Waals surface area contributed by atoms with Crippen molar-refractivity contribution in [3.05, 3.63) is 83.3 Å². The lowest BCUT2D eigenvalue weighted by atomic mass is 10.2. The van der Waals surface area contributed by atoms with Crippen molar-refractivity contribution in [1.82, 2.24) is 25.1 Å². The normalized spacial score (nSPS) is 10.9. The predicted molar refractivity (Wildman–Crippen MR) is 130 cm³/mol. The highest BCUT2D eigenvalue weighted by atomic mass is 32.2. The van der Waals surface area contributed by atoms with E-state index in [0.29, 0.717) is 18.1 Å². The molecule has 34 heavy (non-hydrogen) atoms. The molecule has 174 valence electrons. The number of rotatable bonds is 9. The third kappa shape index (κ3) is 5.99. The molecule has 2 aromatic carbocycles. The van der Waals surface area contributed by atoms with E-state index in [-0.39, 0.29) is 18.3 Å². The molecule has 4 aromatic rings. The maximum atomic E-state index is 12.2. The second-order valence-corrected chi connectivity index (χ2v) is 8.71. The number of hydrogen-bond acceptors (Lipinski definition) is 7. The molecule has 0 fully saturated rings. The summed E-state index contributed by atoms with van der Waals surface area (Å²) in [6, 6.07) is 17.6. The van der Waals surface area contributed by atoms with Crippen LogP contribution in [0.25, 0.3) is 11.0 Å². The van der Waals surface area contributed by atoms with Crippen LogP contribution in [-0.4, -0.2) is 44.0 Å². The third-order valence-electron chi connectivity index (χ3n) is 5.30. The standard InChI is InChI=1S/C25H25N5O3S/c1-17-20(18(2)30(29-17)14-19-8-4-3-5-9-19)12-27-23(31)15-33-25(32)16-34-24-13-26-21-10-6-7-11-22(21)28-24/h3-11,13H,12,14-16H2,1-2H3,(H,27,31). The number of aromatic nitrogens is 4. The monoisotopic (exact) mass is 475 g/mol. The lowest BCUT2D eigenvalue weighted by Gasteiger charge is -2.08.